The van der Waals surface area contributed by atoms with Crippen LogP contribution in [0.15, 0.2) is 0 Å². The zero-order chi connectivity index (χ0) is 8.85. The van der Waals surface area contributed by atoms with Crippen molar-refractivity contribution in [2.75, 3.05) is 0 Å². The number of carbonyl (C=O) groups excluding carboxylic acids is 1. The standard InChI is InChI=1S/C6H10ClNO3/c1-2-3-4(5(7)9)8-6(10)11/h4,8H,2-3H2,1H3,(H,10,11). The van der Waals surface area contributed by atoms with Crippen LogP contribution in [0.3, 0.4) is 0 Å². The van der Waals surface area contributed by atoms with Gasteiger partial charge in [-0.2, -0.15) is 0 Å². The zero-order valence-corrected chi connectivity index (χ0v) is 6.89. The Hall–Kier alpha value is -0.770. The van der Waals surface area contributed by atoms with Crippen LogP contribution in [0.25, 0.3) is 0 Å². The summed E-state index contributed by atoms with van der Waals surface area (Å²) in [6.45, 7) is 1.84. The van der Waals surface area contributed by atoms with Crippen molar-refractivity contribution in [1.29, 1.82) is 0 Å². The van der Waals surface area contributed by atoms with Gasteiger partial charge in [-0.25, -0.2) is 4.79 Å². The van der Waals surface area contributed by atoms with Gasteiger partial charge in [0.05, 0.1) is 0 Å². The summed E-state index contributed by atoms with van der Waals surface area (Å²) in [5.41, 5.74) is 0. The molecule has 0 saturated carbocycles. The molecule has 1 amide bonds. The second kappa shape index (κ2) is 4.96. The fourth-order valence-electron chi connectivity index (χ4n) is 0.680. The number of halogens is 1. The molecule has 4 nitrogen and oxygen atoms in total. The molecule has 0 bridgehead atoms. The highest BCUT2D eigenvalue weighted by atomic mass is 35.5. The van der Waals surface area contributed by atoms with Crippen LogP contribution in [0.2, 0.25) is 0 Å². The molecule has 0 aliphatic heterocycles. The summed E-state index contributed by atoms with van der Waals surface area (Å²) in [5.74, 6) is 0. The quantitative estimate of drug-likeness (QED) is 0.637. The second-order valence-electron chi connectivity index (χ2n) is 2.09. The van der Waals surface area contributed by atoms with Crippen LogP contribution in [0.4, 0.5) is 4.79 Å². The number of hydrogen-bond donors (Lipinski definition) is 2. The van der Waals surface area contributed by atoms with Gasteiger partial charge in [0, 0.05) is 0 Å². The van der Waals surface area contributed by atoms with E-state index in [1.165, 1.54) is 0 Å². The predicted octanol–water partition coefficient (Wildman–Crippen LogP) is 1.19. The van der Waals surface area contributed by atoms with E-state index in [1.807, 2.05) is 12.2 Å². The summed E-state index contributed by atoms with van der Waals surface area (Å²) in [4.78, 5) is 20.6. The molecule has 5 heteroatoms. The van der Waals surface area contributed by atoms with Gasteiger partial charge in [-0.3, -0.25) is 4.79 Å². The first-order valence-electron chi connectivity index (χ1n) is 3.26. The van der Waals surface area contributed by atoms with Crippen LogP contribution >= 0.6 is 11.6 Å². The lowest BCUT2D eigenvalue weighted by atomic mass is 10.2. The Balaban J connectivity index is 3.89. The average Bonchev–Trinajstić information content (AvgIpc) is 1.86. The molecule has 0 fully saturated rings. The van der Waals surface area contributed by atoms with Gasteiger partial charge in [0.2, 0.25) is 5.24 Å². The van der Waals surface area contributed by atoms with Gasteiger partial charge in [0.25, 0.3) is 0 Å². The molecule has 0 spiro atoms. The van der Waals surface area contributed by atoms with Crippen molar-refractivity contribution in [1.82, 2.24) is 5.32 Å². The molecule has 0 aromatic rings. The molecule has 2 N–H and O–H groups in total. The maximum Gasteiger partial charge on any atom is 0.405 e. The summed E-state index contributed by atoms with van der Waals surface area (Å²) in [6, 6.07) is -0.765. The minimum absolute atomic E-state index is 0.439. The van der Waals surface area contributed by atoms with Gasteiger partial charge in [-0.05, 0) is 18.0 Å². The topological polar surface area (TPSA) is 66.4 Å². The third-order valence-electron chi connectivity index (χ3n) is 1.15. The van der Waals surface area contributed by atoms with E-state index in [4.69, 9.17) is 16.7 Å². The lowest BCUT2D eigenvalue weighted by Gasteiger charge is -2.09. The van der Waals surface area contributed by atoms with E-state index in [-0.39, 0.29) is 0 Å². The van der Waals surface area contributed by atoms with E-state index in [0.717, 1.165) is 0 Å². The lowest BCUT2D eigenvalue weighted by Crippen LogP contribution is -2.37. The molecule has 64 valence electrons. The van der Waals surface area contributed by atoms with E-state index < -0.39 is 17.4 Å². The average molecular weight is 180 g/mol. The summed E-state index contributed by atoms with van der Waals surface area (Å²) < 4.78 is 0. The number of carboxylic acid groups (broad SMARTS) is 1. The fourth-order valence-corrected chi connectivity index (χ4v) is 0.844. The summed E-state index contributed by atoms with van der Waals surface area (Å²) in [5, 5.41) is 9.59. The van der Waals surface area contributed by atoms with Crippen molar-refractivity contribution < 1.29 is 14.7 Å². The minimum atomic E-state index is -1.22. The van der Waals surface area contributed by atoms with Crippen LogP contribution in [-0.4, -0.2) is 22.5 Å². The number of carbonyl (C=O) groups is 2. The molecule has 0 heterocycles. The van der Waals surface area contributed by atoms with Crippen LogP contribution in [0.5, 0.6) is 0 Å². The Labute approximate surface area is 69.5 Å². The largest absolute Gasteiger partial charge is 0.465 e. The van der Waals surface area contributed by atoms with E-state index >= 15 is 0 Å². The Morgan fingerprint density at radius 2 is 2.18 bits per heavy atom. The van der Waals surface area contributed by atoms with Gasteiger partial charge in [0.1, 0.15) is 6.04 Å². The van der Waals surface area contributed by atoms with Gasteiger partial charge in [0.15, 0.2) is 0 Å². The zero-order valence-electron chi connectivity index (χ0n) is 6.13. The van der Waals surface area contributed by atoms with Gasteiger partial charge in [-0.1, -0.05) is 13.3 Å². The Morgan fingerprint density at radius 1 is 1.64 bits per heavy atom. The molecule has 0 rings (SSSR count). The molecule has 11 heavy (non-hydrogen) atoms. The van der Waals surface area contributed by atoms with E-state index in [2.05, 4.69) is 0 Å². The summed E-state index contributed by atoms with van der Waals surface area (Å²) >= 11 is 5.10. The van der Waals surface area contributed by atoms with Crippen molar-refractivity contribution in [3.8, 4) is 0 Å². The van der Waals surface area contributed by atoms with E-state index in [9.17, 15) is 9.59 Å². The van der Waals surface area contributed by atoms with Crippen molar-refractivity contribution >= 4 is 22.9 Å². The molecule has 1 unspecified atom stereocenters. The molecule has 0 aliphatic carbocycles. The van der Waals surface area contributed by atoms with Crippen LogP contribution < -0.4 is 5.32 Å². The predicted molar refractivity (Wildman–Crippen MR) is 40.7 cm³/mol. The second-order valence-corrected chi connectivity index (χ2v) is 2.47. The molecular weight excluding hydrogens is 170 g/mol. The smallest absolute Gasteiger partial charge is 0.405 e. The molecule has 0 saturated heterocycles. The molecule has 0 aromatic carbocycles. The maximum absolute atomic E-state index is 10.5. The number of hydrogen-bond acceptors (Lipinski definition) is 2. The first kappa shape index (κ1) is 10.2. The number of rotatable bonds is 4. The monoisotopic (exact) mass is 179 g/mol. The SMILES string of the molecule is CCCC(NC(=O)O)C(=O)Cl. The highest BCUT2D eigenvalue weighted by Crippen LogP contribution is 2.00. The van der Waals surface area contributed by atoms with E-state index in [1.54, 1.807) is 0 Å². The maximum atomic E-state index is 10.5. The molecule has 0 radical (unpaired) electrons. The summed E-state index contributed by atoms with van der Waals surface area (Å²) in [6.07, 6.45) is -0.0737. The highest BCUT2D eigenvalue weighted by molar-refractivity contribution is 6.64. The lowest BCUT2D eigenvalue weighted by molar-refractivity contribution is -0.113. The normalized spacial score (nSPS) is 12.2. The molecule has 1 atom stereocenters. The summed E-state index contributed by atoms with van der Waals surface area (Å²) in [7, 11) is 0. The third-order valence-corrected chi connectivity index (χ3v) is 1.41. The Kier molecular flexibility index (Phi) is 4.61. The minimum Gasteiger partial charge on any atom is -0.465 e. The van der Waals surface area contributed by atoms with Gasteiger partial charge in [-0.15, -0.1) is 0 Å². The molecule has 0 aromatic heterocycles. The highest BCUT2D eigenvalue weighted by Gasteiger charge is 2.16. The number of nitrogens with one attached hydrogen (secondary N) is 1. The number of amides is 1. The van der Waals surface area contributed by atoms with Crippen LogP contribution in [0.1, 0.15) is 19.8 Å². The van der Waals surface area contributed by atoms with Gasteiger partial charge >= 0.3 is 6.09 Å². The van der Waals surface area contributed by atoms with Crippen molar-refractivity contribution in [3.63, 3.8) is 0 Å². The van der Waals surface area contributed by atoms with Crippen molar-refractivity contribution in [2.24, 2.45) is 0 Å². The van der Waals surface area contributed by atoms with Crippen molar-refractivity contribution in [2.45, 2.75) is 25.8 Å². The Bertz CT molecular complexity index is 160. The fraction of sp³-hybridized carbons (Fsp3) is 0.667. The molecular formula is C6H10ClNO3. The van der Waals surface area contributed by atoms with Crippen LogP contribution in [-0.2, 0) is 4.79 Å². The third kappa shape index (κ3) is 4.61. The molecule has 0 aliphatic rings. The first-order valence-corrected chi connectivity index (χ1v) is 3.64. The first-order chi connectivity index (χ1) is 5.07. The van der Waals surface area contributed by atoms with Gasteiger partial charge < -0.3 is 10.4 Å². The van der Waals surface area contributed by atoms with Crippen LogP contribution in [0, 0.1) is 0 Å². The van der Waals surface area contributed by atoms with E-state index in [0.29, 0.717) is 12.8 Å². The van der Waals surface area contributed by atoms with Crippen molar-refractivity contribution in [3.05, 3.63) is 0 Å². The Morgan fingerprint density at radius 3 is 2.45 bits per heavy atom.